The number of nitrogen functional groups attached to an aromatic ring is 1. The van der Waals surface area contributed by atoms with Gasteiger partial charge in [0.2, 0.25) is 11.9 Å². The van der Waals surface area contributed by atoms with Crippen molar-refractivity contribution in [3.8, 4) is 0 Å². The third-order valence-electron chi connectivity index (χ3n) is 2.37. The Balaban J connectivity index is 1.94. The molecule has 3 N–H and O–H groups in total. The van der Waals surface area contributed by atoms with Gasteiger partial charge >= 0.3 is 0 Å². The van der Waals surface area contributed by atoms with Gasteiger partial charge in [-0.2, -0.15) is 4.98 Å². The van der Waals surface area contributed by atoms with E-state index in [1.165, 1.54) is 19.2 Å². The molecule has 0 amide bonds. The van der Waals surface area contributed by atoms with Crippen LogP contribution in [0.25, 0.3) is 0 Å². The third-order valence-corrected chi connectivity index (χ3v) is 2.37. The molecular formula is C8H13N5. The Morgan fingerprint density at radius 2 is 2.31 bits per heavy atom. The third kappa shape index (κ3) is 2.05. The van der Waals surface area contributed by atoms with E-state index in [0.29, 0.717) is 11.4 Å². The molecule has 0 atom stereocenters. The highest BCUT2D eigenvalue weighted by Crippen LogP contribution is 2.44. The smallest absolute Gasteiger partial charge is 0.227 e. The first-order valence-corrected chi connectivity index (χ1v) is 4.36. The first kappa shape index (κ1) is 8.22. The number of nitrogens with one attached hydrogen (secondary N) is 1. The van der Waals surface area contributed by atoms with E-state index in [9.17, 15) is 0 Å². The molecule has 5 nitrogen and oxygen atoms in total. The fourth-order valence-electron chi connectivity index (χ4n) is 1.08. The van der Waals surface area contributed by atoms with E-state index in [1.807, 2.05) is 0 Å². The van der Waals surface area contributed by atoms with Gasteiger partial charge in [0.15, 0.2) is 0 Å². The summed E-state index contributed by atoms with van der Waals surface area (Å²) in [6.07, 6.45) is 3.97. The van der Waals surface area contributed by atoms with Gasteiger partial charge in [0.25, 0.3) is 0 Å². The monoisotopic (exact) mass is 179 g/mol. The molecule has 0 saturated heterocycles. The normalized spacial score (nSPS) is 18.2. The van der Waals surface area contributed by atoms with Gasteiger partial charge in [0, 0.05) is 6.54 Å². The van der Waals surface area contributed by atoms with E-state index in [4.69, 9.17) is 5.73 Å². The van der Waals surface area contributed by atoms with Gasteiger partial charge < -0.3 is 11.1 Å². The fraction of sp³-hybridized carbons (Fsp3) is 0.625. The van der Waals surface area contributed by atoms with Gasteiger partial charge in [-0.1, -0.05) is 6.92 Å². The Hall–Kier alpha value is -1.39. The van der Waals surface area contributed by atoms with Crippen LogP contribution in [0, 0.1) is 5.41 Å². The summed E-state index contributed by atoms with van der Waals surface area (Å²) in [6, 6.07) is 0. The summed E-state index contributed by atoms with van der Waals surface area (Å²) in [5.74, 6) is 0.832. The Morgan fingerprint density at radius 3 is 2.92 bits per heavy atom. The standard InChI is InChI=1S/C8H13N5/c1-8(2-3-8)4-10-7-12-5-11-6(9)13-7/h5H,2-4H2,1H3,(H3,9,10,11,12,13). The Morgan fingerprint density at radius 1 is 1.54 bits per heavy atom. The second-order valence-corrected chi connectivity index (χ2v) is 3.83. The predicted octanol–water partition coefficient (Wildman–Crippen LogP) is 0.666. The van der Waals surface area contributed by atoms with Crippen LogP contribution in [0.3, 0.4) is 0 Å². The summed E-state index contributed by atoms with van der Waals surface area (Å²) in [4.78, 5) is 11.6. The maximum absolute atomic E-state index is 5.41. The molecular weight excluding hydrogens is 166 g/mol. The molecule has 0 unspecified atom stereocenters. The highest BCUT2D eigenvalue weighted by Gasteiger charge is 2.36. The topological polar surface area (TPSA) is 76.7 Å². The van der Waals surface area contributed by atoms with Gasteiger partial charge in [0.05, 0.1) is 0 Å². The van der Waals surface area contributed by atoms with Crippen LogP contribution < -0.4 is 11.1 Å². The van der Waals surface area contributed by atoms with Crippen LogP contribution in [0.5, 0.6) is 0 Å². The molecule has 5 heteroatoms. The van der Waals surface area contributed by atoms with Crippen molar-refractivity contribution in [3.63, 3.8) is 0 Å². The van der Waals surface area contributed by atoms with Gasteiger partial charge in [0.1, 0.15) is 6.33 Å². The lowest BCUT2D eigenvalue weighted by molar-refractivity contribution is 0.607. The second-order valence-electron chi connectivity index (χ2n) is 3.83. The van der Waals surface area contributed by atoms with Crippen LogP contribution in [-0.2, 0) is 0 Å². The van der Waals surface area contributed by atoms with Gasteiger partial charge in [-0.3, -0.25) is 0 Å². The summed E-state index contributed by atoms with van der Waals surface area (Å²) < 4.78 is 0. The number of anilines is 2. The zero-order chi connectivity index (χ0) is 9.31. The largest absolute Gasteiger partial charge is 0.368 e. The minimum atomic E-state index is 0.262. The van der Waals surface area contributed by atoms with Crippen molar-refractivity contribution < 1.29 is 0 Å². The van der Waals surface area contributed by atoms with Gasteiger partial charge in [-0.25, -0.2) is 9.97 Å². The highest BCUT2D eigenvalue weighted by molar-refractivity contribution is 5.29. The molecule has 1 aromatic rings. The summed E-state index contributed by atoms with van der Waals surface area (Å²) in [7, 11) is 0. The average Bonchev–Trinajstić information content (AvgIpc) is 2.82. The number of aromatic nitrogens is 3. The lowest BCUT2D eigenvalue weighted by Crippen LogP contribution is -2.14. The zero-order valence-electron chi connectivity index (χ0n) is 7.62. The van der Waals surface area contributed by atoms with Crippen molar-refractivity contribution >= 4 is 11.9 Å². The number of nitrogens with zero attached hydrogens (tertiary/aromatic N) is 3. The zero-order valence-corrected chi connectivity index (χ0v) is 7.62. The van der Waals surface area contributed by atoms with E-state index in [0.717, 1.165) is 6.54 Å². The van der Waals surface area contributed by atoms with Crippen LogP contribution in [0.1, 0.15) is 19.8 Å². The van der Waals surface area contributed by atoms with Crippen LogP contribution in [0.2, 0.25) is 0 Å². The number of nitrogens with two attached hydrogens (primary N) is 1. The molecule has 1 aliphatic carbocycles. The molecule has 1 saturated carbocycles. The second kappa shape index (κ2) is 2.83. The van der Waals surface area contributed by atoms with Crippen molar-refractivity contribution in [1.29, 1.82) is 0 Å². The van der Waals surface area contributed by atoms with Gasteiger partial charge in [-0.05, 0) is 18.3 Å². The SMILES string of the molecule is CC1(CNc2ncnc(N)n2)CC1. The quantitative estimate of drug-likeness (QED) is 0.713. The van der Waals surface area contributed by atoms with E-state index < -0.39 is 0 Å². The lowest BCUT2D eigenvalue weighted by Gasteiger charge is -2.08. The van der Waals surface area contributed by atoms with E-state index >= 15 is 0 Å². The molecule has 0 aliphatic heterocycles. The van der Waals surface area contributed by atoms with Crippen molar-refractivity contribution in [2.24, 2.45) is 5.41 Å². The number of rotatable bonds is 3. The molecule has 70 valence electrons. The van der Waals surface area contributed by atoms with Crippen molar-refractivity contribution in [2.45, 2.75) is 19.8 Å². The minimum absolute atomic E-state index is 0.262. The average molecular weight is 179 g/mol. The Bertz CT molecular complexity index is 307. The summed E-state index contributed by atoms with van der Waals surface area (Å²) >= 11 is 0. The first-order valence-electron chi connectivity index (χ1n) is 4.36. The Kier molecular flexibility index (Phi) is 1.79. The van der Waals surface area contributed by atoms with Crippen LogP contribution in [-0.4, -0.2) is 21.5 Å². The molecule has 0 spiro atoms. The predicted molar refractivity (Wildman–Crippen MR) is 50.1 cm³/mol. The molecule has 1 heterocycles. The van der Waals surface area contributed by atoms with Crippen LogP contribution in [0.4, 0.5) is 11.9 Å². The van der Waals surface area contributed by atoms with Crippen LogP contribution >= 0.6 is 0 Å². The molecule has 1 aliphatic rings. The van der Waals surface area contributed by atoms with Crippen molar-refractivity contribution in [1.82, 2.24) is 15.0 Å². The van der Waals surface area contributed by atoms with Crippen LogP contribution in [0.15, 0.2) is 6.33 Å². The molecule has 2 rings (SSSR count). The molecule has 0 bridgehead atoms. The molecule has 0 aromatic carbocycles. The summed E-state index contributed by atoms with van der Waals surface area (Å²) in [5.41, 5.74) is 5.86. The van der Waals surface area contributed by atoms with Crippen molar-refractivity contribution in [2.75, 3.05) is 17.6 Å². The van der Waals surface area contributed by atoms with Crippen molar-refractivity contribution in [3.05, 3.63) is 6.33 Å². The summed E-state index contributed by atoms with van der Waals surface area (Å²) in [5, 5.41) is 3.15. The summed E-state index contributed by atoms with van der Waals surface area (Å²) in [6.45, 7) is 3.15. The molecule has 1 aromatic heterocycles. The molecule has 1 fully saturated rings. The highest BCUT2D eigenvalue weighted by atomic mass is 15.2. The molecule has 13 heavy (non-hydrogen) atoms. The van der Waals surface area contributed by atoms with Gasteiger partial charge in [-0.15, -0.1) is 0 Å². The number of hydrogen-bond acceptors (Lipinski definition) is 5. The first-order chi connectivity index (χ1) is 6.18. The van der Waals surface area contributed by atoms with E-state index in [1.54, 1.807) is 0 Å². The fourth-order valence-corrected chi connectivity index (χ4v) is 1.08. The maximum atomic E-state index is 5.41. The lowest BCUT2D eigenvalue weighted by atomic mass is 10.1. The van der Waals surface area contributed by atoms with E-state index in [-0.39, 0.29) is 5.95 Å². The minimum Gasteiger partial charge on any atom is -0.368 e. The maximum Gasteiger partial charge on any atom is 0.227 e. The Labute approximate surface area is 76.8 Å². The number of hydrogen-bond donors (Lipinski definition) is 2. The molecule has 0 radical (unpaired) electrons. The van der Waals surface area contributed by atoms with E-state index in [2.05, 4.69) is 27.2 Å².